The molecule has 2 aromatic rings. The summed E-state index contributed by atoms with van der Waals surface area (Å²) < 4.78 is 5.47. The third-order valence-corrected chi connectivity index (χ3v) is 3.90. The Bertz CT molecular complexity index is 830. The molecule has 0 radical (unpaired) electrons. The third-order valence-electron chi connectivity index (χ3n) is 3.90. The average molecular weight is 397 g/mol. The van der Waals surface area contributed by atoms with Crippen LogP contribution in [0.15, 0.2) is 48.5 Å². The van der Waals surface area contributed by atoms with Gasteiger partial charge in [-0.1, -0.05) is 20.8 Å². The van der Waals surface area contributed by atoms with E-state index in [4.69, 9.17) is 4.74 Å². The van der Waals surface area contributed by atoms with Gasteiger partial charge in [-0.2, -0.15) is 0 Å². The van der Waals surface area contributed by atoms with Gasteiger partial charge in [-0.3, -0.25) is 25.2 Å². The number of hydrogen-bond acceptors (Lipinski definition) is 4. The van der Waals surface area contributed by atoms with E-state index in [0.29, 0.717) is 35.6 Å². The number of carbonyl (C=O) groups is 3. The summed E-state index contributed by atoms with van der Waals surface area (Å²) in [6.07, 6.45) is 1.33. The molecule has 154 valence electrons. The lowest BCUT2D eigenvalue weighted by Crippen LogP contribution is -2.41. The molecule has 29 heavy (non-hydrogen) atoms. The fraction of sp³-hybridized carbons (Fsp3) is 0.318. The highest BCUT2D eigenvalue weighted by Crippen LogP contribution is 2.13. The molecule has 7 nitrogen and oxygen atoms in total. The van der Waals surface area contributed by atoms with Crippen LogP contribution in [0.5, 0.6) is 5.75 Å². The predicted octanol–water partition coefficient (Wildman–Crippen LogP) is 3.53. The van der Waals surface area contributed by atoms with E-state index in [1.807, 2.05) is 20.8 Å². The summed E-state index contributed by atoms with van der Waals surface area (Å²) in [5.41, 5.74) is 6.12. The van der Waals surface area contributed by atoms with Crippen molar-refractivity contribution < 1.29 is 19.1 Å². The number of amides is 3. The molecule has 0 saturated carbocycles. The van der Waals surface area contributed by atoms with E-state index < -0.39 is 11.8 Å². The van der Waals surface area contributed by atoms with E-state index in [2.05, 4.69) is 16.2 Å². The van der Waals surface area contributed by atoms with E-state index >= 15 is 0 Å². The second kappa shape index (κ2) is 10.8. The Hall–Kier alpha value is -3.35. The first-order chi connectivity index (χ1) is 13.9. The molecule has 3 N–H and O–H groups in total. The van der Waals surface area contributed by atoms with Crippen LogP contribution in [-0.2, 0) is 4.79 Å². The SMILES string of the molecule is CCCOc1ccc(C(=O)NNC(=O)c2ccc(NC(=O)CC(C)C)cc2)cc1. The van der Waals surface area contributed by atoms with Crippen LogP contribution in [0.2, 0.25) is 0 Å². The van der Waals surface area contributed by atoms with Gasteiger partial charge in [0.05, 0.1) is 6.61 Å². The van der Waals surface area contributed by atoms with Crippen molar-refractivity contribution in [1.82, 2.24) is 10.9 Å². The molecular weight excluding hydrogens is 370 g/mol. The summed E-state index contributed by atoms with van der Waals surface area (Å²) >= 11 is 0. The highest BCUT2D eigenvalue weighted by atomic mass is 16.5. The van der Waals surface area contributed by atoms with Crippen LogP contribution in [0.1, 0.15) is 54.3 Å². The van der Waals surface area contributed by atoms with Crippen LogP contribution in [0.4, 0.5) is 5.69 Å². The highest BCUT2D eigenvalue weighted by molar-refractivity contribution is 5.99. The summed E-state index contributed by atoms with van der Waals surface area (Å²) in [6.45, 7) is 6.56. The molecule has 0 heterocycles. The van der Waals surface area contributed by atoms with E-state index in [-0.39, 0.29) is 11.8 Å². The van der Waals surface area contributed by atoms with E-state index in [0.717, 1.165) is 6.42 Å². The maximum atomic E-state index is 12.2. The van der Waals surface area contributed by atoms with Gasteiger partial charge in [-0.25, -0.2) is 0 Å². The Labute approximate surface area is 170 Å². The van der Waals surface area contributed by atoms with E-state index in [1.165, 1.54) is 0 Å². The second-order valence-corrected chi connectivity index (χ2v) is 7.00. The zero-order valence-electron chi connectivity index (χ0n) is 17.0. The van der Waals surface area contributed by atoms with Gasteiger partial charge in [0.15, 0.2) is 0 Å². The van der Waals surface area contributed by atoms with Crippen LogP contribution in [0.3, 0.4) is 0 Å². The molecule has 3 amide bonds. The minimum absolute atomic E-state index is 0.0735. The Morgan fingerprint density at radius 3 is 1.86 bits per heavy atom. The molecule has 7 heteroatoms. The fourth-order valence-electron chi connectivity index (χ4n) is 2.47. The van der Waals surface area contributed by atoms with Gasteiger partial charge < -0.3 is 10.1 Å². The minimum atomic E-state index is -0.457. The lowest BCUT2D eigenvalue weighted by Gasteiger charge is -2.10. The molecular formula is C22H27N3O4. The molecule has 2 aromatic carbocycles. The lowest BCUT2D eigenvalue weighted by molar-refractivity contribution is -0.116. The number of carbonyl (C=O) groups excluding carboxylic acids is 3. The maximum Gasteiger partial charge on any atom is 0.269 e. The van der Waals surface area contributed by atoms with Gasteiger partial charge in [0.2, 0.25) is 5.91 Å². The van der Waals surface area contributed by atoms with Gasteiger partial charge in [0.1, 0.15) is 5.75 Å². The highest BCUT2D eigenvalue weighted by Gasteiger charge is 2.10. The van der Waals surface area contributed by atoms with Crippen molar-refractivity contribution in [2.45, 2.75) is 33.6 Å². The molecule has 0 aliphatic heterocycles. The quantitative estimate of drug-likeness (QED) is 0.594. The van der Waals surface area contributed by atoms with Gasteiger partial charge in [0, 0.05) is 23.2 Å². The molecule has 0 bridgehead atoms. The molecule has 0 spiro atoms. The molecule has 0 atom stereocenters. The number of hydrogen-bond donors (Lipinski definition) is 3. The lowest BCUT2D eigenvalue weighted by atomic mass is 10.1. The van der Waals surface area contributed by atoms with Gasteiger partial charge in [-0.15, -0.1) is 0 Å². The first-order valence-electron chi connectivity index (χ1n) is 9.62. The number of benzene rings is 2. The van der Waals surface area contributed by atoms with Crippen LogP contribution in [0, 0.1) is 5.92 Å². The van der Waals surface area contributed by atoms with Crippen molar-refractivity contribution in [1.29, 1.82) is 0 Å². The predicted molar refractivity (Wildman–Crippen MR) is 112 cm³/mol. The number of anilines is 1. The average Bonchev–Trinajstić information content (AvgIpc) is 2.70. The summed E-state index contributed by atoms with van der Waals surface area (Å²) in [5, 5.41) is 2.78. The standard InChI is InChI=1S/C22H27N3O4/c1-4-13-29-19-11-7-17(8-12-19)22(28)25-24-21(27)16-5-9-18(10-6-16)23-20(26)14-15(2)3/h5-12,15H,4,13-14H2,1-3H3,(H,23,26)(H,24,27)(H,25,28). The minimum Gasteiger partial charge on any atom is -0.494 e. The topological polar surface area (TPSA) is 96.5 Å². The summed E-state index contributed by atoms with van der Waals surface area (Å²) in [7, 11) is 0. The van der Waals surface area contributed by atoms with Crippen molar-refractivity contribution in [3.8, 4) is 5.75 Å². The van der Waals surface area contributed by atoms with Crippen molar-refractivity contribution in [2.24, 2.45) is 5.92 Å². The molecule has 2 rings (SSSR count). The molecule has 0 fully saturated rings. The van der Waals surface area contributed by atoms with Crippen molar-refractivity contribution in [3.63, 3.8) is 0 Å². The van der Waals surface area contributed by atoms with Crippen molar-refractivity contribution in [2.75, 3.05) is 11.9 Å². The molecule has 0 aliphatic rings. The largest absolute Gasteiger partial charge is 0.494 e. The zero-order valence-corrected chi connectivity index (χ0v) is 17.0. The summed E-state index contributed by atoms with van der Waals surface area (Å²) in [4.78, 5) is 36.1. The van der Waals surface area contributed by atoms with Crippen molar-refractivity contribution >= 4 is 23.4 Å². The normalized spacial score (nSPS) is 10.3. The smallest absolute Gasteiger partial charge is 0.269 e. The van der Waals surface area contributed by atoms with Crippen molar-refractivity contribution in [3.05, 3.63) is 59.7 Å². The van der Waals surface area contributed by atoms with Crippen LogP contribution >= 0.6 is 0 Å². The van der Waals surface area contributed by atoms with Crippen LogP contribution in [-0.4, -0.2) is 24.3 Å². The van der Waals surface area contributed by atoms with Crippen LogP contribution in [0.25, 0.3) is 0 Å². The van der Waals surface area contributed by atoms with Gasteiger partial charge in [-0.05, 0) is 60.9 Å². The molecule has 0 unspecified atom stereocenters. The second-order valence-electron chi connectivity index (χ2n) is 7.00. The Morgan fingerprint density at radius 1 is 0.862 bits per heavy atom. The summed E-state index contributed by atoms with van der Waals surface area (Å²) in [6, 6.07) is 13.1. The maximum absolute atomic E-state index is 12.2. The monoisotopic (exact) mass is 397 g/mol. The zero-order chi connectivity index (χ0) is 21.2. The number of ether oxygens (including phenoxy) is 1. The van der Waals surface area contributed by atoms with Gasteiger partial charge >= 0.3 is 0 Å². The number of hydrazine groups is 1. The van der Waals surface area contributed by atoms with E-state index in [9.17, 15) is 14.4 Å². The first kappa shape index (κ1) is 21.9. The van der Waals surface area contributed by atoms with Gasteiger partial charge in [0.25, 0.3) is 11.8 Å². The number of nitrogens with one attached hydrogen (secondary N) is 3. The Balaban J connectivity index is 1.85. The Kier molecular flexibility index (Phi) is 8.21. The molecule has 0 saturated heterocycles. The number of rotatable bonds is 8. The fourth-order valence-corrected chi connectivity index (χ4v) is 2.47. The Morgan fingerprint density at radius 2 is 1.38 bits per heavy atom. The van der Waals surface area contributed by atoms with Crippen LogP contribution < -0.4 is 20.9 Å². The summed E-state index contributed by atoms with van der Waals surface area (Å²) in [5.74, 6) is -0.00779. The first-order valence-corrected chi connectivity index (χ1v) is 9.62. The third kappa shape index (κ3) is 7.29. The molecule has 0 aromatic heterocycles. The molecule has 0 aliphatic carbocycles. The van der Waals surface area contributed by atoms with E-state index in [1.54, 1.807) is 48.5 Å².